The minimum atomic E-state index is -3.81. The van der Waals surface area contributed by atoms with Crippen LogP contribution in [0.4, 0.5) is 5.69 Å². The van der Waals surface area contributed by atoms with Gasteiger partial charge in [-0.3, -0.25) is 9.59 Å². The molecular formula is C21H22N2O5S. The van der Waals surface area contributed by atoms with E-state index in [-0.39, 0.29) is 35.4 Å². The van der Waals surface area contributed by atoms with E-state index in [0.717, 1.165) is 0 Å². The maximum absolute atomic E-state index is 13.4. The van der Waals surface area contributed by atoms with Gasteiger partial charge in [-0.1, -0.05) is 42.5 Å². The summed E-state index contributed by atoms with van der Waals surface area (Å²) in [5.41, 5.74) is 0.828. The maximum atomic E-state index is 13.4. The summed E-state index contributed by atoms with van der Waals surface area (Å²) in [6, 6.07) is 15.1. The van der Waals surface area contributed by atoms with Crippen molar-refractivity contribution in [2.75, 3.05) is 37.7 Å². The summed E-state index contributed by atoms with van der Waals surface area (Å²) in [5.74, 6) is -0.596. The van der Waals surface area contributed by atoms with Crippen molar-refractivity contribution in [3.8, 4) is 0 Å². The van der Waals surface area contributed by atoms with Crippen LogP contribution in [0, 0.1) is 0 Å². The summed E-state index contributed by atoms with van der Waals surface area (Å²) in [4.78, 5) is 28.9. The van der Waals surface area contributed by atoms with Gasteiger partial charge in [0, 0.05) is 19.5 Å². The van der Waals surface area contributed by atoms with Gasteiger partial charge in [0.25, 0.3) is 0 Å². The first-order valence-corrected chi connectivity index (χ1v) is 11.1. The maximum Gasteiger partial charge on any atom is 0.242 e. The van der Waals surface area contributed by atoms with E-state index in [9.17, 15) is 18.0 Å². The van der Waals surface area contributed by atoms with Crippen molar-refractivity contribution >= 4 is 27.3 Å². The zero-order valence-corrected chi connectivity index (χ0v) is 16.7. The highest BCUT2D eigenvalue weighted by atomic mass is 32.2. The molecule has 0 bridgehead atoms. The second kappa shape index (κ2) is 7.96. The van der Waals surface area contributed by atoms with Gasteiger partial charge in [-0.25, -0.2) is 8.42 Å². The van der Waals surface area contributed by atoms with Crippen LogP contribution < -0.4 is 4.90 Å². The number of hydrogen-bond acceptors (Lipinski definition) is 5. The molecule has 2 amide bonds. The molecule has 8 heteroatoms. The molecular weight excluding hydrogens is 392 g/mol. The fraction of sp³-hybridized carbons (Fsp3) is 0.333. The van der Waals surface area contributed by atoms with Gasteiger partial charge in [0.15, 0.2) is 9.84 Å². The van der Waals surface area contributed by atoms with Gasteiger partial charge >= 0.3 is 0 Å². The largest absolute Gasteiger partial charge is 0.378 e. The number of anilines is 1. The summed E-state index contributed by atoms with van der Waals surface area (Å²) in [6.45, 7) is 1.66. The van der Waals surface area contributed by atoms with E-state index >= 15 is 0 Å². The molecule has 1 fully saturated rings. The third-order valence-electron chi connectivity index (χ3n) is 5.33. The molecule has 0 aliphatic carbocycles. The average Bonchev–Trinajstić information content (AvgIpc) is 2.83. The Labute approximate surface area is 169 Å². The van der Waals surface area contributed by atoms with Gasteiger partial charge in [-0.2, -0.15) is 0 Å². The molecule has 0 N–H and O–H groups in total. The number of hydrogen-bond donors (Lipinski definition) is 0. The highest BCUT2D eigenvalue weighted by molar-refractivity contribution is 7.92. The van der Waals surface area contributed by atoms with Crippen LogP contribution in [0.5, 0.6) is 0 Å². The van der Waals surface area contributed by atoms with E-state index in [1.165, 1.54) is 11.0 Å². The lowest BCUT2D eigenvalue weighted by Gasteiger charge is -2.30. The number of ether oxygens (including phenoxy) is 1. The summed E-state index contributed by atoms with van der Waals surface area (Å²) in [6.07, 6.45) is -0.211. The Kier molecular flexibility index (Phi) is 5.38. The zero-order valence-electron chi connectivity index (χ0n) is 15.9. The number of sulfone groups is 1. The van der Waals surface area contributed by atoms with E-state index in [4.69, 9.17) is 4.74 Å². The molecule has 1 saturated heterocycles. The van der Waals surface area contributed by atoms with Crippen molar-refractivity contribution in [1.82, 2.24) is 4.90 Å². The fourth-order valence-electron chi connectivity index (χ4n) is 3.77. The Hall–Kier alpha value is -2.71. The molecule has 0 saturated carbocycles. The van der Waals surface area contributed by atoms with Crippen molar-refractivity contribution in [3.63, 3.8) is 0 Å². The summed E-state index contributed by atoms with van der Waals surface area (Å²) >= 11 is 0. The van der Waals surface area contributed by atoms with Crippen molar-refractivity contribution < 1.29 is 22.7 Å². The molecule has 29 heavy (non-hydrogen) atoms. The molecule has 2 aromatic rings. The van der Waals surface area contributed by atoms with Crippen LogP contribution in [-0.4, -0.2) is 58.0 Å². The lowest BCUT2D eigenvalue weighted by molar-refractivity contribution is -0.135. The number of morpholine rings is 1. The van der Waals surface area contributed by atoms with Gasteiger partial charge < -0.3 is 14.5 Å². The molecule has 2 aliphatic heterocycles. The highest BCUT2D eigenvalue weighted by Gasteiger charge is 2.40. The van der Waals surface area contributed by atoms with E-state index in [1.807, 2.05) is 0 Å². The van der Waals surface area contributed by atoms with Gasteiger partial charge in [0.05, 0.1) is 29.0 Å². The molecule has 0 unspecified atom stereocenters. The number of amides is 2. The molecule has 4 rings (SSSR count). The Morgan fingerprint density at radius 3 is 2.38 bits per heavy atom. The summed E-state index contributed by atoms with van der Waals surface area (Å²) in [5, 5.41) is -0.985. The molecule has 152 valence electrons. The van der Waals surface area contributed by atoms with Gasteiger partial charge in [0.2, 0.25) is 11.8 Å². The number of fused-ring (bicyclic) bond motifs is 1. The van der Waals surface area contributed by atoms with Crippen LogP contribution in [-0.2, 0) is 24.2 Å². The molecule has 0 spiro atoms. The van der Waals surface area contributed by atoms with E-state index < -0.39 is 15.1 Å². The highest BCUT2D eigenvalue weighted by Crippen LogP contribution is 2.40. The Morgan fingerprint density at radius 1 is 1.00 bits per heavy atom. The smallest absolute Gasteiger partial charge is 0.242 e. The summed E-state index contributed by atoms with van der Waals surface area (Å²) in [7, 11) is -3.81. The number of para-hydroxylation sites is 1. The van der Waals surface area contributed by atoms with Gasteiger partial charge in [-0.15, -0.1) is 0 Å². The number of carbonyl (C=O) groups excluding carboxylic acids is 2. The minimum Gasteiger partial charge on any atom is -0.378 e. The molecule has 2 aliphatic rings. The number of carbonyl (C=O) groups is 2. The lowest BCUT2D eigenvalue weighted by atomic mass is 10.1. The minimum absolute atomic E-state index is 0.0782. The molecule has 1 atom stereocenters. The molecule has 0 radical (unpaired) electrons. The van der Waals surface area contributed by atoms with Crippen molar-refractivity contribution in [1.29, 1.82) is 0 Å². The first-order valence-electron chi connectivity index (χ1n) is 9.52. The van der Waals surface area contributed by atoms with Crippen LogP contribution in [0.1, 0.15) is 17.2 Å². The standard InChI is InChI=1S/C21H22N2O5S/c24-20-14-19(16-6-2-1-3-7-16)29(26,27)18-9-5-4-8-17(18)23(20)15-21(25)22-10-12-28-13-11-22/h1-9,19H,10-15H2/t19-/m1/s1. The van der Waals surface area contributed by atoms with Gasteiger partial charge in [0.1, 0.15) is 6.54 Å². The van der Waals surface area contributed by atoms with Crippen molar-refractivity contribution in [3.05, 3.63) is 60.2 Å². The Balaban J connectivity index is 1.73. The van der Waals surface area contributed by atoms with Crippen LogP contribution in [0.3, 0.4) is 0 Å². The number of benzene rings is 2. The molecule has 2 aromatic carbocycles. The number of rotatable bonds is 3. The van der Waals surface area contributed by atoms with Crippen LogP contribution in [0.25, 0.3) is 0 Å². The van der Waals surface area contributed by atoms with Crippen molar-refractivity contribution in [2.45, 2.75) is 16.6 Å². The zero-order chi connectivity index (χ0) is 20.4. The van der Waals surface area contributed by atoms with E-state index in [2.05, 4.69) is 0 Å². The number of nitrogens with zero attached hydrogens (tertiary/aromatic N) is 2. The van der Waals surface area contributed by atoms with E-state index in [1.54, 1.807) is 53.4 Å². The SMILES string of the molecule is O=C(CN1C(=O)C[C@H](c2ccccc2)S(=O)(=O)c2ccccc21)N1CCOCC1. The van der Waals surface area contributed by atoms with Crippen molar-refractivity contribution in [2.24, 2.45) is 0 Å². The second-order valence-electron chi connectivity index (χ2n) is 7.09. The topological polar surface area (TPSA) is 84.0 Å². The van der Waals surface area contributed by atoms with Crippen LogP contribution >= 0.6 is 0 Å². The third-order valence-corrected chi connectivity index (χ3v) is 7.47. The predicted molar refractivity (Wildman–Crippen MR) is 107 cm³/mol. The molecule has 0 aromatic heterocycles. The van der Waals surface area contributed by atoms with Gasteiger partial charge in [-0.05, 0) is 17.7 Å². The normalized spacial score (nSPS) is 21.4. The Bertz CT molecular complexity index is 1020. The fourth-order valence-corrected chi connectivity index (χ4v) is 5.69. The van der Waals surface area contributed by atoms with Crippen LogP contribution in [0.2, 0.25) is 0 Å². The summed E-state index contributed by atoms with van der Waals surface area (Å²) < 4.78 is 32.1. The molecule has 2 heterocycles. The Morgan fingerprint density at radius 2 is 1.66 bits per heavy atom. The quantitative estimate of drug-likeness (QED) is 0.765. The first-order chi connectivity index (χ1) is 14.0. The average molecular weight is 414 g/mol. The molecule has 7 nitrogen and oxygen atoms in total. The monoisotopic (exact) mass is 414 g/mol. The third kappa shape index (κ3) is 3.77. The van der Waals surface area contributed by atoms with E-state index in [0.29, 0.717) is 31.9 Å². The second-order valence-corrected chi connectivity index (χ2v) is 9.19. The predicted octanol–water partition coefficient (Wildman–Crippen LogP) is 1.80. The van der Waals surface area contributed by atoms with Crippen LogP contribution in [0.15, 0.2) is 59.5 Å². The lowest BCUT2D eigenvalue weighted by Crippen LogP contribution is -2.47. The first kappa shape index (κ1) is 19.6.